The molecule has 0 radical (unpaired) electrons. The Morgan fingerprint density at radius 1 is 0.290 bits per heavy atom. The van der Waals surface area contributed by atoms with Gasteiger partial charge in [0.1, 0.15) is 61.8 Å². The van der Waals surface area contributed by atoms with Crippen LogP contribution < -0.4 is 53.2 Å². The van der Waals surface area contributed by atoms with Gasteiger partial charge < -0.3 is 138 Å². The van der Waals surface area contributed by atoms with E-state index in [0.717, 1.165) is 62.3 Å². The monoisotopic (exact) mass is 1870 g/mol. The van der Waals surface area contributed by atoms with E-state index < -0.39 is 212 Å². The third-order valence-electron chi connectivity index (χ3n) is 18.9. The van der Waals surface area contributed by atoms with E-state index >= 15 is 0 Å². The van der Waals surface area contributed by atoms with Crippen LogP contribution in [0.5, 0.6) is 0 Å². The van der Waals surface area contributed by atoms with Crippen LogP contribution in [0, 0.1) is 12.3 Å². The second kappa shape index (κ2) is 64.0. The molecular formula is C84H132N10O37. The SMILES string of the molecule is C#CCCC(=O)NC(COCCC(=O)NCCCNC(=O)CCCCO[C@@H]1O[C@H](COC(C)=O)[C@H](OC(C)=O)[C@H](OC(C)=O)[C@H]1NC(C)=O)(COCCC(=O)NCCCNC(=O)CCCCO[C@@H]1O[C@H](COC(C)=O)[C@H](OC(C)=O)[C@H](OC(C)=O)[C@H]1NC(C)=O)COCCC(=O)NCCCNC(=O)CCCCO[C@@H]1O[C@H](COC(C)=O)[C@H](OC(C)=O)[C@H](OC(C)=O)[C@H]1NC(C)=O. The first-order valence-corrected chi connectivity index (χ1v) is 43.4. The van der Waals surface area contributed by atoms with Crippen LogP contribution in [-0.2, 0) is 176 Å². The lowest BCUT2D eigenvalue weighted by atomic mass is 9.96. The average molecular weight is 1870 g/mol. The van der Waals surface area contributed by atoms with Gasteiger partial charge in [-0.05, 0) is 57.8 Å². The average Bonchev–Trinajstić information content (AvgIpc) is 0.790. The number of hydrogen-bond acceptors (Lipinski definition) is 37. The van der Waals surface area contributed by atoms with E-state index in [2.05, 4.69) is 59.1 Å². The maximum atomic E-state index is 13.5. The van der Waals surface area contributed by atoms with E-state index in [4.69, 9.17) is 91.7 Å². The quantitative estimate of drug-likeness (QED) is 0.0135. The van der Waals surface area contributed by atoms with Crippen LogP contribution in [0.1, 0.15) is 192 Å². The molecule has 3 fully saturated rings. The van der Waals surface area contributed by atoms with Gasteiger partial charge in [-0.1, -0.05) is 0 Å². The highest BCUT2D eigenvalue weighted by Crippen LogP contribution is 2.32. The minimum absolute atomic E-state index is 0.0133. The topological polar surface area (TPSA) is 611 Å². The van der Waals surface area contributed by atoms with Crippen molar-refractivity contribution in [3.8, 4) is 12.3 Å². The Morgan fingerprint density at radius 3 is 0.763 bits per heavy atom. The molecule has 0 aromatic rings. The molecule has 3 saturated heterocycles. The first kappa shape index (κ1) is 114. The zero-order valence-electron chi connectivity index (χ0n) is 76.6. The number of terminal acetylenes is 1. The molecule has 3 rings (SSSR count). The summed E-state index contributed by atoms with van der Waals surface area (Å²) in [6, 6.07) is -3.51. The third-order valence-corrected chi connectivity index (χ3v) is 18.9. The Kier molecular flexibility index (Phi) is 55.9. The predicted octanol–water partition coefficient (Wildman–Crippen LogP) is -2.13. The van der Waals surface area contributed by atoms with Crippen LogP contribution in [0.4, 0.5) is 0 Å². The Morgan fingerprint density at radius 2 is 0.534 bits per heavy atom. The lowest BCUT2D eigenvalue weighted by Gasteiger charge is -2.44. The molecule has 15 atom stereocenters. The molecule has 3 heterocycles. The fourth-order valence-corrected chi connectivity index (χ4v) is 13.3. The van der Waals surface area contributed by atoms with E-state index in [1.807, 2.05) is 0 Å². The van der Waals surface area contributed by atoms with Crippen molar-refractivity contribution in [2.24, 2.45) is 0 Å². The standard InChI is InChI=1S/C84H132N10O37/c1-14-15-25-71(113)94-84(47-114-41-29-68(110)88-35-22-32-85-65(107)26-16-19-38-117-81-72(91-50(2)95)78(126-59(11)104)75(123-56(8)101)62(129-81)44-120-53(5)98,48-115-42-30-69(111)89-36-23-33-86-66(108)27-17-20-39-118-82-73(92-51(3)96)79(127-60(12)105)76(124-57(9)102)63(130-82)45-121-54(6)99)49-116-43-31-70(112)90-37-24-34-87-67(109)28-18-21-40-119-83-74(93-52(4)97)80(128-61(13)106)77(125-58(10)103)64(131-83)46-122-55(7)100/h1,62-64,72-83H,15-49H2,2-13H3,(H,85,107)(H,86,108)(H,87,109)(H,88,110)(H,89,111)(H,90,112)(H,91,95)(H,92,96)(H,93,97)(H,94,113)/t62-,63-,64-,72-,73-,74-,75+,76+,77+,78-,79-,80-,81-,82-,83-/m1/s1. The fourth-order valence-electron chi connectivity index (χ4n) is 13.3. The lowest BCUT2D eigenvalue weighted by Crippen LogP contribution is -2.66. The van der Waals surface area contributed by atoms with Crippen molar-refractivity contribution in [1.29, 1.82) is 0 Å². The normalized spacial score (nSPS) is 21.4. The van der Waals surface area contributed by atoms with Gasteiger partial charge in [0.05, 0.1) is 39.6 Å². The van der Waals surface area contributed by atoms with Gasteiger partial charge in [-0.3, -0.25) is 91.1 Å². The Hall–Kier alpha value is -10.9. The van der Waals surface area contributed by atoms with Crippen molar-refractivity contribution >= 4 is 113 Å². The molecule has 0 saturated carbocycles. The van der Waals surface area contributed by atoms with Crippen LogP contribution in [-0.4, -0.2) is 329 Å². The summed E-state index contributed by atoms with van der Waals surface area (Å²) in [5, 5.41) is 27.3. The summed E-state index contributed by atoms with van der Waals surface area (Å²) < 4.78 is 102. The summed E-state index contributed by atoms with van der Waals surface area (Å²) in [7, 11) is 0. The van der Waals surface area contributed by atoms with Gasteiger partial charge >= 0.3 is 53.7 Å². The van der Waals surface area contributed by atoms with E-state index in [0.29, 0.717) is 57.8 Å². The summed E-state index contributed by atoms with van der Waals surface area (Å²) in [5.41, 5.74) is -1.50. The molecule has 0 aliphatic carbocycles. The van der Waals surface area contributed by atoms with Crippen molar-refractivity contribution in [2.45, 2.75) is 290 Å². The second-order valence-corrected chi connectivity index (χ2v) is 30.7. The summed E-state index contributed by atoms with van der Waals surface area (Å²) in [6.07, 6.45) is -7.16. The highest BCUT2D eigenvalue weighted by Gasteiger charge is 2.55. The summed E-state index contributed by atoms with van der Waals surface area (Å²) >= 11 is 0. The highest BCUT2D eigenvalue weighted by atomic mass is 16.7. The smallest absolute Gasteiger partial charge is 0.303 e. The summed E-state index contributed by atoms with van der Waals surface area (Å²) in [6.45, 7) is 12.0. The van der Waals surface area contributed by atoms with Gasteiger partial charge in [0.15, 0.2) is 55.5 Å². The zero-order valence-corrected chi connectivity index (χ0v) is 76.6. The van der Waals surface area contributed by atoms with Crippen molar-refractivity contribution in [3.05, 3.63) is 0 Å². The first-order valence-electron chi connectivity index (χ1n) is 43.4. The number of nitrogens with one attached hydrogen (secondary N) is 10. The molecule has 47 nitrogen and oxygen atoms in total. The summed E-state index contributed by atoms with van der Waals surface area (Å²) in [4.78, 5) is 236. The molecule has 0 unspecified atom stereocenters. The van der Waals surface area contributed by atoms with Crippen molar-refractivity contribution in [2.75, 3.05) is 119 Å². The highest BCUT2D eigenvalue weighted by molar-refractivity contribution is 5.80. The fraction of sp³-hybridized carbons (Fsp3) is 0.750. The molecule has 47 heteroatoms. The van der Waals surface area contributed by atoms with Gasteiger partial charge in [0, 0.05) is 194 Å². The van der Waals surface area contributed by atoms with Gasteiger partial charge in [-0.2, -0.15) is 0 Å². The van der Waals surface area contributed by atoms with Crippen molar-refractivity contribution in [3.63, 3.8) is 0 Å². The minimum atomic E-state index is -1.50. The van der Waals surface area contributed by atoms with Crippen LogP contribution in [0.3, 0.4) is 0 Å². The van der Waals surface area contributed by atoms with Crippen molar-refractivity contribution < 1.29 is 176 Å². The number of carbonyl (C=O) groups excluding carboxylic acids is 19. The molecule has 3 aliphatic heterocycles. The van der Waals surface area contributed by atoms with Gasteiger partial charge in [0.2, 0.25) is 59.1 Å². The molecule has 0 aromatic carbocycles. The number of ether oxygens (including phenoxy) is 18. The van der Waals surface area contributed by atoms with Gasteiger partial charge in [-0.15, -0.1) is 12.3 Å². The van der Waals surface area contributed by atoms with E-state index in [9.17, 15) is 91.1 Å². The predicted molar refractivity (Wildman–Crippen MR) is 449 cm³/mol. The Bertz CT molecular complexity index is 3410. The summed E-state index contributed by atoms with van der Waals surface area (Å²) in [5.74, 6) is -8.63. The Labute approximate surface area is 760 Å². The Balaban J connectivity index is 1.58. The number of hydrogen-bond donors (Lipinski definition) is 10. The zero-order chi connectivity index (χ0) is 97.4. The second-order valence-electron chi connectivity index (χ2n) is 30.7. The van der Waals surface area contributed by atoms with E-state index in [1.165, 1.54) is 20.8 Å². The number of rotatable bonds is 63. The molecule has 10 N–H and O–H groups in total. The molecule has 740 valence electrons. The molecule has 0 bridgehead atoms. The molecule has 10 amide bonds. The maximum Gasteiger partial charge on any atom is 0.303 e. The largest absolute Gasteiger partial charge is 0.463 e. The molecule has 131 heavy (non-hydrogen) atoms. The minimum Gasteiger partial charge on any atom is -0.463 e. The lowest BCUT2D eigenvalue weighted by molar-refractivity contribution is -0.277. The maximum absolute atomic E-state index is 13.5. The molecular weight excluding hydrogens is 1740 g/mol. The number of amides is 10. The van der Waals surface area contributed by atoms with E-state index in [-0.39, 0.29) is 168 Å². The van der Waals surface area contributed by atoms with Crippen LogP contribution >= 0.6 is 0 Å². The first-order chi connectivity index (χ1) is 62.2. The number of esters is 9. The number of carbonyl (C=O) groups is 19. The van der Waals surface area contributed by atoms with Crippen molar-refractivity contribution in [1.82, 2.24) is 53.2 Å². The van der Waals surface area contributed by atoms with Crippen LogP contribution in [0.15, 0.2) is 0 Å². The molecule has 0 aromatic heterocycles. The third kappa shape index (κ3) is 49.8. The van der Waals surface area contributed by atoms with Gasteiger partial charge in [0.25, 0.3) is 0 Å². The van der Waals surface area contributed by atoms with Crippen LogP contribution in [0.2, 0.25) is 0 Å². The van der Waals surface area contributed by atoms with E-state index in [1.54, 1.807) is 0 Å². The number of unbranched alkanes of at least 4 members (excludes halogenated alkanes) is 3. The molecule has 0 spiro atoms. The van der Waals surface area contributed by atoms with Gasteiger partial charge in [-0.25, -0.2) is 0 Å². The molecule has 3 aliphatic rings. The van der Waals surface area contributed by atoms with Crippen LogP contribution in [0.25, 0.3) is 0 Å².